The van der Waals surface area contributed by atoms with Crippen LogP contribution in [0.3, 0.4) is 0 Å². The number of rotatable bonds is 2. The topological polar surface area (TPSA) is 9.23 Å². The van der Waals surface area contributed by atoms with E-state index >= 15 is 0 Å². The molecule has 7 aromatic rings. The molecule has 0 fully saturated rings. The Morgan fingerprint density at radius 2 is 0.973 bits per heavy atom. The highest BCUT2D eigenvalue weighted by Gasteiger charge is 2.23. The van der Waals surface area contributed by atoms with Gasteiger partial charge in [-0.15, -0.1) is 0 Å². The third kappa shape index (κ3) is 3.04. The maximum absolute atomic E-state index is 6.56. The number of hydrogen-bond acceptors (Lipinski definition) is 1. The molecule has 1 aliphatic rings. The molecule has 0 saturated carbocycles. The summed E-state index contributed by atoms with van der Waals surface area (Å²) in [4.78, 5) is 0. The van der Waals surface area contributed by atoms with Gasteiger partial charge in [-0.25, -0.2) is 0 Å². The van der Waals surface area contributed by atoms with Gasteiger partial charge in [-0.05, 0) is 85.1 Å². The molecule has 0 saturated heterocycles. The van der Waals surface area contributed by atoms with Crippen LogP contribution in [-0.4, -0.2) is 0 Å². The van der Waals surface area contributed by atoms with Crippen LogP contribution in [0, 0.1) is 0 Å². The smallest absolute Gasteiger partial charge is 0.135 e. The van der Waals surface area contributed by atoms with Crippen molar-refractivity contribution in [3.8, 4) is 44.9 Å². The van der Waals surface area contributed by atoms with Gasteiger partial charge >= 0.3 is 0 Å². The first-order valence-electron chi connectivity index (χ1n) is 12.7. The second kappa shape index (κ2) is 7.81. The zero-order valence-corrected chi connectivity index (χ0v) is 20.1. The van der Waals surface area contributed by atoms with E-state index in [-0.39, 0.29) is 0 Å². The molecule has 7 aromatic carbocycles. The van der Waals surface area contributed by atoms with Crippen LogP contribution in [0.5, 0.6) is 11.5 Å². The third-order valence-electron chi connectivity index (χ3n) is 7.64. The SMILES string of the molecule is c1ccc(-c2ccc3c(c2)Oc2cccc4c2c-3cc2c3ccccc3c(-c3ccccc3)cc42)cc1. The van der Waals surface area contributed by atoms with E-state index in [1.165, 1.54) is 54.6 Å². The highest BCUT2D eigenvalue weighted by molar-refractivity contribution is 6.25. The maximum Gasteiger partial charge on any atom is 0.135 e. The van der Waals surface area contributed by atoms with Crippen LogP contribution in [0.2, 0.25) is 0 Å². The first-order chi connectivity index (χ1) is 18.3. The van der Waals surface area contributed by atoms with E-state index in [0.29, 0.717) is 0 Å². The van der Waals surface area contributed by atoms with E-state index in [1.54, 1.807) is 0 Å². The van der Waals surface area contributed by atoms with Crippen LogP contribution in [0.1, 0.15) is 0 Å². The van der Waals surface area contributed by atoms with Crippen molar-refractivity contribution in [1.82, 2.24) is 0 Å². The first kappa shape index (κ1) is 20.3. The summed E-state index contributed by atoms with van der Waals surface area (Å²) in [5.74, 6) is 1.83. The average Bonchev–Trinajstić information content (AvgIpc) is 2.97. The van der Waals surface area contributed by atoms with Crippen LogP contribution in [-0.2, 0) is 0 Å². The summed E-state index contributed by atoms with van der Waals surface area (Å²) in [6, 6.07) is 47.7. The van der Waals surface area contributed by atoms with Gasteiger partial charge < -0.3 is 4.74 Å². The molecule has 1 nitrogen and oxygen atoms in total. The molecule has 0 unspecified atom stereocenters. The molecule has 0 aliphatic carbocycles. The van der Waals surface area contributed by atoms with Gasteiger partial charge in [-0.1, -0.05) is 103 Å². The number of fused-ring (bicyclic) bond motifs is 6. The fourth-order valence-electron chi connectivity index (χ4n) is 5.94. The Morgan fingerprint density at radius 3 is 1.78 bits per heavy atom. The Balaban J connectivity index is 1.46. The number of hydrogen-bond donors (Lipinski definition) is 0. The van der Waals surface area contributed by atoms with Crippen molar-refractivity contribution in [3.05, 3.63) is 133 Å². The fraction of sp³-hybridized carbons (Fsp3) is 0. The molecule has 1 aliphatic heterocycles. The minimum atomic E-state index is 0.908. The van der Waals surface area contributed by atoms with Crippen molar-refractivity contribution >= 4 is 32.3 Å². The van der Waals surface area contributed by atoms with E-state index in [1.807, 2.05) is 6.07 Å². The number of benzene rings is 7. The molecule has 1 heteroatoms. The summed E-state index contributed by atoms with van der Waals surface area (Å²) in [5.41, 5.74) is 7.22. The average molecular weight is 471 g/mol. The molecule has 1 heterocycles. The lowest BCUT2D eigenvalue weighted by Gasteiger charge is -2.24. The summed E-state index contributed by atoms with van der Waals surface area (Å²) in [6.45, 7) is 0. The van der Waals surface area contributed by atoms with Gasteiger partial charge in [-0.3, -0.25) is 0 Å². The summed E-state index contributed by atoms with van der Waals surface area (Å²) in [5, 5.41) is 7.49. The second-order valence-electron chi connectivity index (χ2n) is 9.71. The molecule has 0 amide bonds. The normalized spacial score (nSPS) is 12.0. The van der Waals surface area contributed by atoms with Gasteiger partial charge in [0, 0.05) is 10.9 Å². The van der Waals surface area contributed by atoms with Crippen molar-refractivity contribution in [2.45, 2.75) is 0 Å². The van der Waals surface area contributed by atoms with Gasteiger partial charge in [0.15, 0.2) is 0 Å². The Hall–Kier alpha value is -4.88. The largest absolute Gasteiger partial charge is 0.456 e. The van der Waals surface area contributed by atoms with E-state index in [0.717, 1.165) is 22.6 Å². The van der Waals surface area contributed by atoms with E-state index < -0.39 is 0 Å². The minimum Gasteiger partial charge on any atom is -0.456 e. The van der Waals surface area contributed by atoms with Crippen LogP contribution < -0.4 is 4.74 Å². The van der Waals surface area contributed by atoms with Gasteiger partial charge in [0.05, 0.1) is 0 Å². The van der Waals surface area contributed by atoms with Crippen LogP contribution in [0.4, 0.5) is 0 Å². The lowest BCUT2D eigenvalue weighted by molar-refractivity contribution is 0.487. The highest BCUT2D eigenvalue weighted by atomic mass is 16.5. The molecule has 0 atom stereocenters. The molecule has 0 N–H and O–H groups in total. The monoisotopic (exact) mass is 470 g/mol. The van der Waals surface area contributed by atoms with Gasteiger partial charge in [0.1, 0.15) is 11.5 Å². The molecule has 172 valence electrons. The van der Waals surface area contributed by atoms with Crippen LogP contribution in [0.25, 0.3) is 65.7 Å². The van der Waals surface area contributed by atoms with Crippen molar-refractivity contribution in [3.63, 3.8) is 0 Å². The molecule has 37 heavy (non-hydrogen) atoms. The van der Waals surface area contributed by atoms with Crippen molar-refractivity contribution < 1.29 is 4.74 Å². The first-order valence-corrected chi connectivity index (χ1v) is 12.7. The predicted octanol–water partition coefficient (Wildman–Crippen LogP) is 10.3. The zero-order chi connectivity index (χ0) is 24.3. The quantitative estimate of drug-likeness (QED) is 0.228. The van der Waals surface area contributed by atoms with Gasteiger partial charge in [0.2, 0.25) is 0 Å². The van der Waals surface area contributed by atoms with E-state index in [4.69, 9.17) is 4.74 Å². The van der Waals surface area contributed by atoms with Gasteiger partial charge in [-0.2, -0.15) is 0 Å². The van der Waals surface area contributed by atoms with E-state index in [2.05, 4.69) is 127 Å². The Morgan fingerprint density at radius 1 is 0.324 bits per heavy atom. The zero-order valence-electron chi connectivity index (χ0n) is 20.1. The maximum atomic E-state index is 6.56. The molecule has 8 rings (SSSR count). The van der Waals surface area contributed by atoms with Gasteiger partial charge in [0.25, 0.3) is 0 Å². The van der Waals surface area contributed by atoms with Crippen molar-refractivity contribution in [1.29, 1.82) is 0 Å². The molecule has 0 bridgehead atoms. The highest BCUT2D eigenvalue weighted by Crippen LogP contribution is 2.51. The second-order valence-corrected chi connectivity index (χ2v) is 9.71. The lowest BCUT2D eigenvalue weighted by atomic mass is 9.86. The van der Waals surface area contributed by atoms with Crippen molar-refractivity contribution in [2.75, 3.05) is 0 Å². The van der Waals surface area contributed by atoms with Crippen LogP contribution >= 0.6 is 0 Å². The summed E-state index contributed by atoms with van der Waals surface area (Å²) in [6.07, 6.45) is 0. The van der Waals surface area contributed by atoms with Crippen LogP contribution in [0.15, 0.2) is 133 Å². The Kier molecular flexibility index (Phi) is 4.29. The lowest BCUT2D eigenvalue weighted by Crippen LogP contribution is -1.98. The summed E-state index contributed by atoms with van der Waals surface area (Å²) < 4.78 is 6.56. The molecular weight excluding hydrogens is 448 g/mol. The third-order valence-corrected chi connectivity index (χ3v) is 7.64. The minimum absolute atomic E-state index is 0.908. The molecule has 0 spiro atoms. The molecule has 0 aromatic heterocycles. The number of ether oxygens (including phenoxy) is 1. The predicted molar refractivity (Wildman–Crippen MR) is 155 cm³/mol. The Labute approximate surface area is 215 Å². The summed E-state index contributed by atoms with van der Waals surface area (Å²) >= 11 is 0. The molecular formula is C36H22O. The van der Waals surface area contributed by atoms with E-state index in [9.17, 15) is 0 Å². The van der Waals surface area contributed by atoms with Crippen molar-refractivity contribution in [2.24, 2.45) is 0 Å². The summed E-state index contributed by atoms with van der Waals surface area (Å²) in [7, 11) is 0. The fourth-order valence-corrected chi connectivity index (χ4v) is 5.94. The standard InChI is InChI=1S/C36H22O/c1-3-10-23(11-4-1)25-18-19-28-33-22-31-27-15-8-7-14-26(27)30(24-12-5-2-6-13-24)21-32(31)29-16-9-17-34(36(29)33)37-35(28)20-25/h1-22H. The molecule has 0 radical (unpaired) electrons. The Bertz CT molecular complexity index is 1990.